The SMILES string of the molecule is Clc1ccc2c(c1OCCc1ccccn1)CCNCC2. The minimum Gasteiger partial charge on any atom is -0.491 e. The van der Waals surface area contributed by atoms with Crippen molar-refractivity contribution in [1.82, 2.24) is 10.3 Å². The van der Waals surface area contributed by atoms with Gasteiger partial charge in [-0.05, 0) is 49.7 Å². The van der Waals surface area contributed by atoms with Crippen LogP contribution in [0.5, 0.6) is 5.75 Å². The largest absolute Gasteiger partial charge is 0.491 e. The average molecular weight is 303 g/mol. The maximum absolute atomic E-state index is 6.34. The zero-order chi connectivity index (χ0) is 14.5. The Kier molecular flexibility index (Phi) is 4.73. The van der Waals surface area contributed by atoms with E-state index in [0.29, 0.717) is 11.6 Å². The molecule has 0 atom stereocenters. The topological polar surface area (TPSA) is 34.1 Å². The second-order valence-electron chi connectivity index (χ2n) is 5.18. The Morgan fingerprint density at radius 2 is 2.05 bits per heavy atom. The summed E-state index contributed by atoms with van der Waals surface area (Å²) in [4.78, 5) is 4.31. The lowest BCUT2D eigenvalue weighted by atomic mass is 10.0. The van der Waals surface area contributed by atoms with Gasteiger partial charge in [0.25, 0.3) is 0 Å². The third kappa shape index (κ3) is 3.55. The Bertz CT molecular complexity index is 601. The molecule has 1 aliphatic rings. The van der Waals surface area contributed by atoms with Crippen LogP contribution in [0.15, 0.2) is 36.5 Å². The molecule has 0 spiro atoms. The first kappa shape index (κ1) is 14.4. The first-order chi connectivity index (χ1) is 10.3. The molecule has 21 heavy (non-hydrogen) atoms. The van der Waals surface area contributed by atoms with Gasteiger partial charge < -0.3 is 10.1 Å². The maximum Gasteiger partial charge on any atom is 0.141 e. The molecular formula is C17H19ClN2O. The summed E-state index contributed by atoms with van der Waals surface area (Å²) in [6, 6.07) is 10.00. The fourth-order valence-corrected chi connectivity index (χ4v) is 2.90. The Labute approximate surface area is 130 Å². The number of hydrogen-bond acceptors (Lipinski definition) is 3. The minimum atomic E-state index is 0.598. The van der Waals surface area contributed by atoms with Gasteiger partial charge in [-0.3, -0.25) is 4.98 Å². The lowest BCUT2D eigenvalue weighted by molar-refractivity contribution is 0.317. The summed E-state index contributed by atoms with van der Waals surface area (Å²) in [6.07, 6.45) is 4.60. The Morgan fingerprint density at radius 3 is 2.90 bits per heavy atom. The van der Waals surface area contributed by atoms with Crippen LogP contribution in [0.4, 0.5) is 0 Å². The fourth-order valence-electron chi connectivity index (χ4n) is 2.67. The second kappa shape index (κ2) is 6.92. The van der Waals surface area contributed by atoms with Gasteiger partial charge in [0.15, 0.2) is 0 Å². The molecule has 4 heteroatoms. The first-order valence-corrected chi connectivity index (χ1v) is 7.76. The van der Waals surface area contributed by atoms with Crippen molar-refractivity contribution in [3.8, 4) is 5.75 Å². The molecule has 3 nitrogen and oxygen atoms in total. The molecule has 0 amide bonds. The van der Waals surface area contributed by atoms with E-state index in [1.54, 1.807) is 0 Å². The van der Waals surface area contributed by atoms with Gasteiger partial charge in [0.05, 0.1) is 11.6 Å². The molecule has 0 saturated carbocycles. The van der Waals surface area contributed by atoms with E-state index in [2.05, 4.69) is 16.4 Å². The molecule has 110 valence electrons. The van der Waals surface area contributed by atoms with E-state index in [9.17, 15) is 0 Å². The van der Waals surface area contributed by atoms with Gasteiger partial charge in [0.1, 0.15) is 5.75 Å². The van der Waals surface area contributed by atoms with Gasteiger partial charge in [-0.25, -0.2) is 0 Å². The van der Waals surface area contributed by atoms with Crippen molar-refractivity contribution in [3.05, 3.63) is 58.4 Å². The van der Waals surface area contributed by atoms with Crippen molar-refractivity contribution < 1.29 is 4.74 Å². The average Bonchev–Trinajstić information content (AvgIpc) is 2.76. The molecule has 3 rings (SSSR count). The summed E-state index contributed by atoms with van der Waals surface area (Å²) in [5.74, 6) is 0.855. The monoisotopic (exact) mass is 302 g/mol. The highest BCUT2D eigenvalue weighted by molar-refractivity contribution is 6.32. The summed E-state index contributed by atoms with van der Waals surface area (Å²) in [5.41, 5.74) is 3.64. The highest BCUT2D eigenvalue weighted by atomic mass is 35.5. The summed E-state index contributed by atoms with van der Waals surface area (Å²) >= 11 is 6.34. The molecule has 1 N–H and O–H groups in total. The van der Waals surface area contributed by atoms with E-state index in [4.69, 9.17) is 16.3 Å². The highest BCUT2D eigenvalue weighted by Gasteiger charge is 2.15. The zero-order valence-electron chi connectivity index (χ0n) is 11.9. The van der Waals surface area contributed by atoms with Gasteiger partial charge >= 0.3 is 0 Å². The molecular weight excluding hydrogens is 284 g/mol. The van der Waals surface area contributed by atoms with Crippen LogP contribution in [-0.2, 0) is 19.3 Å². The standard InChI is InChI=1S/C17H19ClN2O/c18-16-5-4-13-6-10-19-11-7-15(13)17(16)21-12-8-14-3-1-2-9-20-14/h1-5,9,19H,6-8,10-12H2. The van der Waals surface area contributed by atoms with Crippen LogP contribution in [0.2, 0.25) is 5.02 Å². The molecule has 0 unspecified atom stereocenters. The van der Waals surface area contributed by atoms with Gasteiger partial charge in [0.2, 0.25) is 0 Å². The smallest absolute Gasteiger partial charge is 0.141 e. The third-order valence-electron chi connectivity index (χ3n) is 3.76. The van der Waals surface area contributed by atoms with Crippen LogP contribution in [0, 0.1) is 0 Å². The third-order valence-corrected chi connectivity index (χ3v) is 4.06. The number of aromatic nitrogens is 1. The number of nitrogens with zero attached hydrogens (tertiary/aromatic N) is 1. The van der Waals surface area contributed by atoms with Crippen molar-refractivity contribution in [1.29, 1.82) is 0 Å². The molecule has 0 bridgehead atoms. The Morgan fingerprint density at radius 1 is 1.14 bits per heavy atom. The number of fused-ring (bicyclic) bond motifs is 1. The molecule has 0 radical (unpaired) electrons. The lowest BCUT2D eigenvalue weighted by Gasteiger charge is -2.15. The van der Waals surface area contributed by atoms with Crippen LogP contribution in [0.25, 0.3) is 0 Å². The van der Waals surface area contributed by atoms with Crippen LogP contribution in [-0.4, -0.2) is 24.7 Å². The van der Waals surface area contributed by atoms with Crippen molar-refractivity contribution in [2.75, 3.05) is 19.7 Å². The van der Waals surface area contributed by atoms with Gasteiger partial charge in [-0.15, -0.1) is 0 Å². The van der Waals surface area contributed by atoms with E-state index in [-0.39, 0.29) is 0 Å². The summed E-state index contributed by atoms with van der Waals surface area (Å²) in [6.45, 7) is 2.59. The normalized spacial score (nSPS) is 14.3. The van der Waals surface area contributed by atoms with Crippen molar-refractivity contribution in [2.45, 2.75) is 19.3 Å². The fraction of sp³-hybridized carbons (Fsp3) is 0.353. The van der Waals surface area contributed by atoms with E-state index >= 15 is 0 Å². The van der Waals surface area contributed by atoms with Crippen molar-refractivity contribution in [2.24, 2.45) is 0 Å². The van der Waals surface area contributed by atoms with Gasteiger partial charge in [-0.1, -0.05) is 23.7 Å². The minimum absolute atomic E-state index is 0.598. The first-order valence-electron chi connectivity index (χ1n) is 7.38. The van der Waals surface area contributed by atoms with Crippen LogP contribution in [0.1, 0.15) is 16.8 Å². The van der Waals surface area contributed by atoms with Crippen molar-refractivity contribution in [3.63, 3.8) is 0 Å². The maximum atomic E-state index is 6.34. The number of halogens is 1. The second-order valence-corrected chi connectivity index (χ2v) is 5.59. The van der Waals surface area contributed by atoms with Crippen LogP contribution < -0.4 is 10.1 Å². The molecule has 1 aromatic heterocycles. The van der Waals surface area contributed by atoms with E-state index in [1.807, 2.05) is 30.5 Å². The summed E-state index contributed by atoms with van der Waals surface area (Å²) in [7, 11) is 0. The molecule has 2 aromatic rings. The van der Waals surface area contributed by atoms with Crippen molar-refractivity contribution >= 4 is 11.6 Å². The van der Waals surface area contributed by atoms with E-state index < -0.39 is 0 Å². The number of rotatable bonds is 4. The predicted octanol–water partition coefficient (Wildman–Crippen LogP) is 3.04. The van der Waals surface area contributed by atoms with Gasteiger partial charge in [0, 0.05) is 23.9 Å². The quantitative estimate of drug-likeness (QED) is 0.942. The number of nitrogens with one attached hydrogen (secondary N) is 1. The Hall–Kier alpha value is -1.58. The number of hydrogen-bond donors (Lipinski definition) is 1. The molecule has 1 aromatic carbocycles. The molecule has 0 aliphatic carbocycles. The van der Waals surface area contributed by atoms with Crippen LogP contribution >= 0.6 is 11.6 Å². The Balaban J connectivity index is 1.72. The molecule has 2 heterocycles. The molecule has 0 saturated heterocycles. The number of pyridine rings is 1. The van der Waals surface area contributed by atoms with E-state index in [0.717, 1.165) is 43.8 Å². The van der Waals surface area contributed by atoms with Gasteiger partial charge in [-0.2, -0.15) is 0 Å². The summed E-state index contributed by atoms with van der Waals surface area (Å²) < 4.78 is 5.99. The predicted molar refractivity (Wildman–Crippen MR) is 85.2 cm³/mol. The zero-order valence-corrected chi connectivity index (χ0v) is 12.7. The van der Waals surface area contributed by atoms with Crippen LogP contribution in [0.3, 0.4) is 0 Å². The summed E-state index contributed by atoms with van der Waals surface area (Å²) in [5, 5.41) is 4.12. The number of ether oxygens (including phenoxy) is 1. The highest BCUT2D eigenvalue weighted by Crippen LogP contribution is 2.33. The van der Waals surface area contributed by atoms with E-state index in [1.165, 1.54) is 11.1 Å². The lowest BCUT2D eigenvalue weighted by Crippen LogP contribution is -2.16. The molecule has 1 aliphatic heterocycles. The number of benzene rings is 1. The molecule has 0 fully saturated rings.